The van der Waals surface area contributed by atoms with Crippen LogP contribution in [0, 0.1) is 0 Å². The summed E-state index contributed by atoms with van der Waals surface area (Å²) in [5.74, 6) is -0.367. The van der Waals surface area contributed by atoms with Gasteiger partial charge in [-0.05, 0) is 51.0 Å². The van der Waals surface area contributed by atoms with Crippen LogP contribution in [0.4, 0.5) is 0 Å². The van der Waals surface area contributed by atoms with Gasteiger partial charge in [-0.15, -0.1) is 0 Å². The fourth-order valence-electron chi connectivity index (χ4n) is 5.84. The van der Waals surface area contributed by atoms with Crippen molar-refractivity contribution < 1.29 is 32.8 Å². The average molecular weight is 730 g/mol. The molecule has 0 heterocycles. The van der Waals surface area contributed by atoms with E-state index in [0.29, 0.717) is 0 Å². The molecule has 1 unspecified atom stereocenters. The minimum Gasteiger partial charge on any atom is -0.498 e. The van der Waals surface area contributed by atoms with Crippen molar-refractivity contribution in [2.45, 2.75) is 206 Å². The number of ether oxygens (including phenoxy) is 2. The maximum absolute atomic E-state index is 12.5. The molecular weight excluding hydrogens is 649 g/mol. The maximum atomic E-state index is 12.5. The summed E-state index contributed by atoms with van der Waals surface area (Å²) in [6, 6.07) is 0. The molecule has 0 spiro atoms. The first-order chi connectivity index (χ1) is 24.4. The Morgan fingerprint density at radius 2 is 1.02 bits per heavy atom. The number of allylic oxidation sites excluding steroid dienone is 3. The first-order valence-corrected chi connectivity index (χ1v) is 22.4. The number of phosphoric acid groups is 1. The molecule has 0 bridgehead atoms. The minimum atomic E-state index is -4.29. The molecule has 8 nitrogen and oxygen atoms in total. The van der Waals surface area contributed by atoms with Crippen molar-refractivity contribution in [2.75, 3.05) is 26.4 Å². The van der Waals surface area contributed by atoms with Crippen LogP contribution in [0.15, 0.2) is 24.5 Å². The third kappa shape index (κ3) is 38.1. The molecule has 0 aromatic heterocycles. The summed E-state index contributed by atoms with van der Waals surface area (Å²) in [4.78, 5) is 22.4. The Kier molecular flexibility index (Phi) is 38.1. The van der Waals surface area contributed by atoms with E-state index in [4.69, 9.17) is 24.3 Å². The van der Waals surface area contributed by atoms with Crippen LogP contribution < -0.4 is 5.73 Å². The van der Waals surface area contributed by atoms with Gasteiger partial charge in [-0.25, -0.2) is 4.57 Å². The lowest BCUT2D eigenvalue weighted by atomic mass is 10.0. The van der Waals surface area contributed by atoms with Gasteiger partial charge in [-0.3, -0.25) is 13.8 Å². The highest BCUT2D eigenvalue weighted by Crippen LogP contribution is 2.43. The Morgan fingerprint density at radius 1 is 0.600 bits per heavy atom. The van der Waals surface area contributed by atoms with E-state index in [-0.39, 0.29) is 38.8 Å². The van der Waals surface area contributed by atoms with Crippen molar-refractivity contribution in [2.24, 2.45) is 5.73 Å². The van der Waals surface area contributed by atoms with E-state index in [1.165, 1.54) is 135 Å². The summed E-state index contributed by atoms with van der Waals surface area (Å²) in [6.45, 7) is 4.23. The SMILES string of the molecule is CCCCCCCC/C=C/CCCCCC(=O)O[C@H](CO/C=C/CCCCCCCCCCCCCCCCCC)COP(=O)(O)OCCN. The number of carbonyl (C=O) groups excluding carboxylic acids is 1. The van der Waals surface area contributed by atoms with Crippen molar-refractivity contribution in [3.8, 4) is 0 Å². The predicted molar refractivity (Wildman–Crippen MR) is 210 cm³/mol. The van der Waals surface area contributed by atoms with Crippen molar-refractivity contribution in [1.29, 1.82) is 0 Å². The molecule has 0 saturated heterocycles. The van der Waals surface area contributed by atoms with Gasteiger partial charge in [0.2, 0.25) is 0 Å². The molecule has 0 aromatic carbocycles. The molecule has 0 amide bonds. The van der Waals surface area contributed by atoms with E-state index in [2.05, 4.69) is 26.0 Å². The molecular formula is C41H80NO7P. The van der Waals surface area contributed by atoms with E-state index in [0.717, 1.165) is 44.9 Å². The normalized spacial score (nSPS) is 13.7. The van der Waals surface area contributed by atoms with Gasteiger partial charge >= 0.3 is 13.8 Å². The zero-order valence-corrected chi connectivity index (χ0v) is 33.5. The number of nitrogens with two attached hydrogens (primary N) is 1. The summed E-state index contributed by atoms with van der Waals surface area (Å²) in [5.41, 5.74) is 5.35. The van der Waals surface area contributed by atoms with E-state index >= 15 is 0 Å². The topological polar surface area (TPSA) is 117 Å². The second-order valence-electron chi connectivity index (χ2n) is 13.9. The molecule has 0 saturated carbocycles. The Morgan fingerprint density at radius 3 is 1.48 bits per heavy atom. The summed E-state index contributed by atoms with van der Waals surface area (Å²) in [6.07, 6.45) is 42.9. The van der Waals surface area contributed by atoms with Gasteiger partial charge in [0.1, 0.15) is 6.61 Å². The van der Waals surface area contributed by atoms with E-state index in [1.807, 2.05) is 6.08 Å². The largest absolute Gasteiger partial charge is 0.498 e. The monoisotopic (exact) mass is 730 g/mol. The quantitative estimate of drug-likeness (QED) is 0.0210. The van der Waals surface area contributed by atoms with Crippen LogP contribution in [0.25, 0.3) is 0 Å². The third-order valence-electron chi connectivity index (χ3n) is 8.94. The molecule has 0 rings (SSSR count). The maximum Gasteiger partial charge on any atom is 0.472 e. The molecule has 0 aliphatic carbocycles. The van der Waals surface area contributed by atoms with Gasteiger partial charge in [0.05, 0.1) is 19.5 Å². The standard InChI is InChI=1S/C41H80NO7P/c1-3-5-7-9-11-13-15-17-18-19-20-21-23-25-27-29-31-33-36-46-38-40(39-48-50(44,45)47-37-35-42)49-41(43)34-32-30-28-26-24-22-16-14-12-10-8-6-4-2/h22,24,33,36,40H,3-21,23,25-32,34-35,37-39,42H2,1-2H3,(H,44,45)/b24-22+,36-33+/t40-/m1/s1. The number of hydrogen-bond acceptors (Lipinski definition) is 7. The Hall–Kier alpha value is -1.18. The van der Waals surface area contributed by atoms with Gasteiger partial charge in [0, 0.05) is 13.0 Å². The highest BCUT2D eigenvalue weighted by Gasteiger charge is 2.25. The summed E-state index contributed by atoms with van der Waals surface area (Å²) < 4.78 is 33.1. The van der Waals surface area contributed by atoms with Crippen LogP contribution in [0.1, 0.15) is 200 Å². The molecule has 50 heavy (non-hydrogen) atoms. The summed E-state index contributed by atoms with van der Waals surface area (Å²) in [7, 11) is -4.29. The van der Waals surface area contributed by atoms with Crippen LogP contribution in [-0.4, -0.2) is 43.3 Å². The number of rotatable bonds is 40. The molecule has 0 aliphatic rings. The lowest BCUT2D eigenvalue weighted by Gasteiger charge is -2.19. The third-order valence-corrected chi connectivity index (χ3v) is 9.92. The second-order valence-corrected chi connectivity index (χ2v) is 15.4. The molecule has 0 aliphatic heterocycles. The van der Waals surface area contributed by atoms with Crippen molar-refractivity contribution >= 4 is 13.8 Å². The van der Waals surface area contributed by atoms with Crippen LogP contribution in [-0.2, 0) is 27.9 Å². The lowest BCUT2D eigenvalue weighted by molar-refractivity contribution is -0.153. The molecule has 0 radical (unpaired) electrons. The first kappa shape index (κ1) is 48.8. The van der Waals surface area contributed by atoms with Gasteiger partial charge in [0.25, 0.3) is 0 Å². The second kappa shape index (κ2) is 39.0. The molecule has 0 fully saturated rings. The Bertz CT molecular complexity index is 823. The molecule has 9 heteroatoms. The Balaban J connectivity index is 4.08. The van der Waals surface area contributed by atoms with Crippen LogP contribution in [0.5, 0.6) is 0 Å². The van der Waals surface area contributed by atoms with Gasteiger partial charge in [-0.1, -0.05) is 161 Å². The minimum absolute atomic E-state index is 0.0293. The number of carbonyl (C=O) groups is 1. The smallest absolute Gasteiger partial charge is 0.472 e. The summed E-state index contributed by atoms with van der Waals surface area (Å²) >= 11 is 0. The highest BCUT2D eigenvalue weighted by atomic mass is 31.2. The number of unbranched alkanes of at least 4 members (excludes halogenated alkanes) is 25. The number of esters is 1. The van der Waals surface area contributed by atoms with Crippen LogP contribution >= 0.6 is 7.82 Å². The van der Waals surface area contributed by atoms with Crippen LogP contribution in [0.2, 0.25) is 0 Å². The lowest BCUT2D eigenvalue weighted by Crippen LogP contribution is -2.27. The van der Waals surface area contributed by atoms with E-state index in [1.54, 1.807) is 6.26 Å². The zero-order valence-electron chi connectivity index (χ0n) is 32.6. The Labute approximate surface area is 308 Å². The van der Waals surface area contributed by atoms with Gasteiger partial charge in [0.15, 0.2) is 6.10 Å². The van der Waals surface area contributed by atoms with E-state index in [9.17, 15) is 14.3 Å². The molecule has 0 aromatic rings. The fourth-order valence-corrected chi connectivity index (χ4v) is 6.60. The summed E-state index contributed by atoms with van der Waals surface area (Å²) in [5, 5.41) is 0. The zero-order chi connectivity index (χ0) is 36.6. The fraction of sp³-hybridized carbons (Fsp3) is 0.878. The first-order valence-electron chi connectivity index (χ1n) is 20.9. The average Bonchev–Trinajstić information content (AvgIpc) is 3.10. The number of phosphoric ester groups is 1. The van der Waals surface area contributed by atoms with Crippen molar-refractivity contribution in [1.82, 2.24) is 0 Å². The van der Waals surface area contributed by atoms with Crippen molar-refractivity contribution in [3.05, 3.63) is 24.5 Å². The molecule has 296 valence electrons. The van der Waals surface area contributed by atoms with E-state index < -0.39 is 13.9 Å². The van der Waals surface area contributed by atoms with Crippen molar-refractivity contribution in [3.63, 3.8) is 0 Å². The highest BCUT2D eigenvalue weighted by molar-refractivity contribution is 7.47. The van der Waals surface area contributed by atoms with Gasteiger partial charge < -0.3 is 20.1 Å². The molecule has 3 N–H and O–H groups in total. The molecule has 2 atom stereocenters. The van der Waals surface area contributed by atoms with Crippen LogP contribution in [0.3, 0.4) is 0 Å². The number of hydrogen-bond donors (Lipinski definition) is 2. The van der Waals surface area contributed by atoms with Gasteiger partial charge in [-0.2, -0.15) is 0 Å². The predicted octanol–water partition coefficient (Wildman–Crippen LogP) is 12.4.